The zero-order valence-electron chi connectivity index (χ0n) is 9.05. The molecule has 0 radical (unpaired) electrons. The Bertz CT molecular complexity index is 163. The lowest BCUT2D eigenvalue weighted by Crippen LogP contribution is -2.39. The van der Waals surface area contributed by atoms with Crippen molar-refractivity contribution >= 4 is 0 Å². The van der Waals surface area contributed by atoms with Crippen molar-refractivity contribution < 1.29 is 0 Å². The van der Waals surface area contributed by atoms with E-state index in [1.165, 1.54) is 38.5 Å². The Morgan fingerprint density at radius 3 is 2.62 bits per heavy atom. The average Bonchev–Trinajstić information content (AvgIpc) is 2.88. The van der Waals surface area contributed by atoms with Crippen LogP contribution < -0.4 is 5.32 Å². The molecule has 0 bridgehead atoms. The third kappa shape index (κ3) is 2.25. The molecular weight excluding hydrogens is 158 g/mol. The maximum Gasteiger partial charge on any atom is 0.00978 e. The molecule has 76 valence electrons. The van der Waals surface area contributed by atoms with E-state index in [-0.39, 0.29) is 0 Å². The molecule has 1 N–H and O–H groups in total. The van der Waals surface area contributed by atoms with E-state index in [2.05, 4.69) is 19.2 Å². The van der Waals surface area contributed by atoms with Crippen molar-refractivity contribution in [3.8, 4) is 0 Å². The van der Waals surface area contributed by atoms with Crippen LogP contribution in [0.2, 0.25) is 0 Å². The standard InChI is InChI=1S/C12H23N/c1-3-10-5-4-6-12(10)13-9(2)11-7-8-11/h9-13H,3-8H2,1-2H3. The third-order valence-corrected chi connectivity index (χ3v) is 3.99. The van der Waals surface area contributed by atoms with E-state index in [0.717, 1.165) is 23.9 Å². The molecule has 3 atom stereocenters. The summed E-state index contributed by atoms with van der Waals surface area (Å²) in [7, 11) is 0. The highest BCUT2D eigenvalue weighted by Gasteiger charge is 2.32. The Kier molecular flexibility index (Phi) is 2.92. The van der Waals surface area contributed by atoms with E-state index in [1.807, 2.05) is 0 Å². The molecule has 2 rings (SSSR count). The molecule has 0 aromatic heterocycles. The maximum atomic E-state index is 3.84. The van der Waals surface area contributed by atoms with Crippen LogP contribution in [0.5, 0.6) is 0 Å². The third-order valence-electron chi connectivity index (χ3n) is 3.99. The molecule has 0 saturated heterocycles. The average molecular weight is 181 g/mol. The van der Waals surface area contributed by atoms with Gasteiger partial charge in [0.1, 0.15) is 0 Å². The van der Waals surface area contributed by atoms with Crippen LogP contribution in [0.1, 0.15) is 52.4 Å². The van der Waals surface area contributed by atoms with Crippen LogP contribution in [0.15, 0.2) is 0 Å². The molecule has 2 saturated carbocycles. The lowest BCUT2D eigenvalue weighted by molar-refractivity contribution is 0.341. The Hall–Kier alpha value is -0.0400. The fourth-order valence-corrected chi connectivity index (χ4v) is 2.81. The van der Waals surface area contributed by atoms with E-state index in [4.69, 9.17) is 0 Å². The lowest BCUT2D eigenvalue weighted by Gasteiger charge is -2.24. The molecule has 2 aliphatic carbocycles. The molecule has 1 heteroatoms. The lowest BCUT2D eigenvalue weighted by atomic mass is 9.99. The van der Waals surface area contributed by atoms with Crippen molar-refractivity contribution in [3.05, 3.63) is 0 Å². The van der Waals surface area contributed by atoms with Gasteiger partial charge in [0.25, 0.3) is 0 Å². The van der Waals surface area contributed by atoms with Crippen LogP contribution in [0.4, 0.5) is 0 Å². The summed E-state index contributed by atoms with van der Waals surface area (Å²) in [4.78, 5) is 0. The van der Waals surface area contributed by atoms with Crippen molar-refractivity contribution in [2.45, 2.75) is 64.5 Å². The second kappa shape index (κ2) is 4.00. The summed E-state index contributed by atoms with van der Waals surface area (Å²) < 4.78 is 0. The first-order valence-corrected chi connectivity index (χ1v) is 6.07. The van der Waals surface area contributed by atoms with Gasteiger partial charge in [-0.1, -0.05) is 19.8 Å². The zero-order chi connectivity index (χ0) is 9.26. The topological polar surface area (TPSA) is 12.0 Å². The van der Waals surface area contributed by atoms with Gasteiger partial charge in [-0.05, 0) is 44.4 Å². The number of nitrogens with one attached hydrogen (secondary N) is 1. The first-order chi connectivity index (χ1) is 6.31. The van der Waals surface area contributed by atoms with Gasteiger partial charge in [-0.15, -0.1) is 0 Å². The van der Waals surface area contributed by atoms with Crippen molar-refractivity contribution in [3.63, 3.8) is 0 Å². The minimum Gasteiger partial charge on any atom is -0.311 e. The highest BCUT2D eigenvalue weighted by Crippen LogP contribution is 2.35. The quantitative estimate of drug-likeness (QED) is 0.703. The Morgan fingerprint density at radius 2 is 2.00 bits per heavy atom. The highest BCUT2D eigenvalue weighted by atomic mass is 15.0. The molecule has 0 spiro atoms. The van der Waals surface area contributed by atoms with E-state index < -0.39 is 0 Å². The van der Waals surface area contributed by atoms with Gasteiger partial charge in [-0.3, -0.25) is 0 Å². The van der Waals surface area contributed by atoms with Crippen LogP contribution in [0.25, 0.3) is 0 Å². The fraction of sp³-hybridized carbons (Fsp3) is 1.00. The van der Waals surface area contributed by atoms with Gasteiger partial charge in [0.05, 0.1) is 0 Å². The van der Waals surface area contributed by atoms with Crippen LogP contribution >= 0.6 is 0 Å². The zero-order valence-corrected chi connectivity index (χ0v) is 9.05. The number of hydrogen-bond donors (Lipinski definition) is 1. The van der Waals surface area contributed by atoms with E-state index >= 15 is 0 Å². The first kappa shape index (κ1) is 9.51. The molecule has 13 heavy (non-hydrogen) atoms. The molecular formula is C12H23N. The van der Waals surface area contributed by atoms with Crippen molar-refractivity contribution in [2.75, 3.05) is 0 Å². The molecule has 3 unspecified atom stereocenters. The predicted octanol–water partition coefficient (Wildman–Crippen LogP) is 2.95. The van der Waals surface area contributed by atoms with Gasteiger partial charge in [0, 0.05) is 12.1 Å². The predicted molar refractivity (Wildman–Crippen MR) is 56.7 cm³/mol. The SMILES string of the molecule is CCC1CCCC1NC(C)C1CC1. The van der Waals surface area contributed by atoms with Gasteiger partial charge in [-0.2, -0.15) is 0 Å². The first-order valence-electron chi connectivity index (χ1n) is 6.07. The summed E-state index contributed by atoms with van der Waals surface area (Å²) >= 11 is 0. The minimum absolute atomic E-state index is 0.789. The number of hydrogen-bond acceptors (Lipinski definition) is 1. The van der Waals surface area contributed by atoms with Gasteiger partial charge >= 0.3 is 0 Å². The second-order valence-corrected chi connectivity index (χ2v) is 5.00. The summed E-state index contributed by atoms with van der Waals surface area (Å²) in [5, 5.41) is 3.84. The normalized spacial score (nSPS) is 36.5. The van der Waals surface area contributed by atoms with Crippen LogP contribution in [-0.4, -0.2) is 12.1 Å². The second-order valence-electron chi connectivity index (χ2n) is 5.00. The van der Waals surface area contributed by atoms with E-state index in [0.29, 0.717) is 0 Å². The van der Waals surface area contributed by atoms with Crippen LogP contribution in [0, 0.1) is 11.8 Å². The van der Waals surface area contributed by atoms with Crippen LogP contribution in [-0.2, 0) is 0 Å². The van der Waals surface area contributed by atoms with Crippen molar-refractivity contribution in [1.82, 2.24) is 5.32 Å². The molecule has 2 fully saturated rings. The smallest absolute Gasteiger partial charge is 0.00978 e. The minimum atomic E-state index is 0.789. The summed E-state index contributed by atoms with van der Waals surface area (Å²) in [6.07, 6.45) is 8.65. The van der Waals surface area contributed by atoms with Crippen molar-refractivity contribution in [2.24, 2.45) is 11.8 Å². The maximum absolute atomic E-state index is 3.84. The summed E-state index contributed by atoms with van der Waals surface area (Å²) in [5.41, 5.74) is 0. The highest BCUT2D eigenvalue weighted by molar-refractivity contribution is 4.89. The molecule has 0 aromatic carbocycles. The Labute approximate surface area is 82.3 Å². The largest absolute Gasteiger partial charge is 0.311 e. The van der Waals surface area contributed by atoms with Gasteiger partial charge in [0.2, 0.25) is 0 Å². The van der Waals surface area contributed by atoms with Crippen LogP contribution in [0.3, 0.4) is 0 Å². The van der Waals surface area contributed by atoms with Gasteiger partial charge in [-0.25, -0.2) is 0 Å². The summed E-state index contributed by atoms with van der Waals surface area (Å²) in [6.45, 7) is 4.72. The monoisotopic (exact) mass is 181 g/mol. The molecule has 2 aliphatic rings. The van der Waals surface area contributed by atoms with Gasteiger partial charge in [0.15, 0.2) is 0 Å². The van der Waals surface area contributed by atoms with Gasteiger partial charge < -0.3 is 5.32 Å². The Balaban J connectivity index is 1.78. The van der Waals surface area contributed by atoms with E-state index in [9.17, 15) is 0 Å². The number of rotatable bonds is 4. The molecule has 0 aliphatic heterocycles. The molecule has 1 nitrogen and oxygen atoms in total. The molecule has 0 amide bonds. The Morgan fingerprint density at radius 1 is 1.23 bits per heavy atom. The van der Waals surface area contributed by atoms with Crippen molar-refractivity contribution in [1.29, 1.82) is 0 Å². The summed E-state index contributed by atoms with van der Waals surface area (Å²) in [6, 6.07) is 1.64. The van der Waals surface area contributed by atoms with E-state index in [1.54, 1.807) is 0 Å². The molecule has 0 aromatic rings. The summed E-state index contributed by atoms with van der Waals surface area (Å²) in [5.74, 6) is 1.99. The fourth-order valence-electron chi connectivity index (χ4n) is 2.81. The molecule has 0 heterocycles.